The Kier molecular flexibility index (Phi) is 2.71. The number of rotatable bonds is 0. The molecule has 1 aromatic rings. The Hall–Kier alpha value is -4.28. The Morgan fingerprint density at radius 1 is 1.00 bits per heavy atom. The second-order valence-corrected chi connectivity index (χ2v) is 4.08. The molecule has 102 valence electrons. The summed E-state index contributed by atoms with van der Waals surface area (Å²) in [5, 5.41) is 47.0. The van der Waals surface area contributed by atoms with E-state index in [1.807, 2.05) is 12.1 Å². The van der Waals surface area contributed by atoms with Crippen LogP contribution < -0.4 is 0 Å². The van der Waals surface area contributed by atoms with Gasteiger partial charge in [-0.05, 0) is 22.6 Å². The summed E-state index contributed by atoms with van der Waals surface area (Å²) in [5.41, 5.74) is 0.764. The van der Waals surface area contributed by atoms with Gasteiger partial charge in [-0.2, -0.15) is 21.0 Å². The van der Waals surface area contributed by atoms with Crippen molar-refractivity contribution in [3.63, 3.8) is 0 Å². The van der Waals surface area contributed by atoms with Gasteiger partial charge in [-0.25, -0.2) is 0 Å². The standard InChI is InChI=1S/C12H4N10/c13-4-9-2-1-8-3-11-20(6-15)21(7-16)18-19-22(11)17-12(8)10(9)5-14/h1-3,17H. The van der Waals surface area contributed by atoms with Crippen LogP contribution >= 0.6 is 0 Å². The summed E-state index contributed by atoms with van der Waals surface area (Å²) in [4.78, 5) is 1.85. The number of nitrogens with zero attached hydrogens (tertiary/aromatic N) is 9. The van der Waals surface area contributed by atoms with E-state index in [9.17, 15) is 5.26 Å². The van der Waals surface area contributed by atoms with Crippen molar-refractivity contribution in [2.45, 2.75) is 0 Å². The topological polar surface area (TPSA) is 152 Å². The van der Waals surface area contributed by atoms with E-state index >= 15 is 0 Å². The van der Waals surface area contributed by atoms with Gasteiger partial charge in [-0.1, -0.05) is 10.9 Å². The summed E-state index contributed by atoms with van der Waals surface area (Å²) in [6.07, 6.45) is 3.49. The van der Waals surface area contributed by atoms with E-state index in [0.717, 1.165) is 9.48 Å². The van der Waals surface area contributed by atoms with Crippen molar-refractivity contribution < 1.29 is 0 Å². The van der Waals surface area contributed by atoms with Crippen LogP contribution in [0.1, 0.15) is 11.1 Å². The predicted molar refractivity (Wildman–Crippen MR) is 69.5 cm³/mol. The highest BCUT2D eigenvalue weighted by molar-refractivity contribution is 5.87. The van der Waals surface area contributed by atoms with Crippen molar-refractivity contribution in [1.29, 1.82) is 21.0 Å². The molecule has 0 fully saturated rings. The smallest absolute Gasteiger partial charge is 0.226 e. The average Bonchev–Trinajstić information content (AvgIpc) is 2.57. The van der Waals surface area contributed by atoms with Crippen LogP contribution in [0.25, 0.3) is 16.7 Å². The maximum atomic E-state index is 9.23. The SMILES string of the molecule is N#Cc1ccc2cc3n(C#N)n(C#N)nnn-3[nH]c2c1C#N. The van der Waals surface area contributed by atoms with E-state index in [1.54, 1.807) is 24.5 Å². The highest BCUT2D eigenvalue weighted by atomic mass is 15.7. The largest absolute Gasteiger partial charge is 0.273 e. The minimum atomic E-state index is 0.164. The third kappa shape index (κ3) is 1.63. The van der Waals surface area contributed by atoms with Crippen molar-refractivity contribution in [3.05, 3.63) is 29.3 Å². The lowest BCUT2D eigenvalue weighted by molar-refractivity contribution is 0.467. The predicted octanol–water partition coefficient (Wildman–Crippen LogP) is 0.316. The van der Waals surface area contributed by atoms with Crippen LogP contribution in [0.3, 0.4) is 0 Å². The average molecular weight is 288 g/mol. The van der Waals surface area contributed by atoms with E-state index in [-0.39, 0.29) is 16.9 Å². The molecule has 10 nitrogen and oxygen atoms in total. The number of aromatic amines is 1. The lowest BCUT2D eigenvalue weighted by Gasteiger charge is -2.14. The highest BCUT2D eigenvalue weighted by Gasteiger charge is 2.15. The Morgan fingerprint density at radius 2 is 1.82 bits per heavy atom. The molecule has 2 aliphatic heterocycles. The van der Waals surface area contributed by atoms with Gasteiger partial charge in [0.2, 0.25) is 12.4 Å². The minimum absolute atomic E-state index is 0.164. The molecular formula is C12H4N10. The van der Waals surface area contributed by atoms with Crippen LogP contribution in [-0.2, 0) is 0 Å². The van der Waals surface area contributed by atoms with Gasteiger partial charge in [0, 0.05) is 5.39 Å². The Balaban J connectivity index is 2.51. The molecule has 0 unspecified atom stereocenters. The van der Waals surface area contributed by atoms with Gasteiger partial charge in [-0.15, -0.1) is 9.48 Å². The van der Waals surface area contributed by atoms with Gasteiger partial charge in [0.15, 0.2) is 5.82 Å². The van der Waals surface area contributed by atoms with E-state index in [4.69, 9.17) is 15.8 Å². The third-order valence-corrected chi connectivity index (χ3v) is 2.99. The van der Waals surface area contributed by atoms with Crippen molar-refractivity contribution in [2.75, 3.05) is 0 Å². The molecule has 0 spiro atoms. The monoisotopic (exact) mass is 288 g/mol. The second kappa shape index (κ2) is 4.68. The van der Waals surface area contributed by atoms with Gasteiger partial charge in [0.05, 0.1) is 16.6 Å². The van der Waals surface area contributed by atoms with Crippen LogP contribution in [0, 0.1) is 45.6 Å². The Bertz CT molecular complexity index is 1060. The number of aromatic nitrogens is 6. The molecule has 0 saturated heterocycles. The minimum Gasteiger partial charge on any atom is -0.273 e. The van der Waals surface area contributed by atoms with Gasteiger partial charge in [0.1, 0.15) is 12.1 Å². The fourth-order valence-corrected chi connectivity index (χ4v) is 2.02. The molecule has 0 saturated carbocycles. The number of benzene rings is 1. The molecule has 0 radical (unpaired) electrons. The number of fused-ring (bicyclic) bond motifs is 2. The molecule has 0 aromatic heterocycles. The molecule has 22 heavy (non-hydrogen) atoms. The van der Waals surface area contributed by atoms with E-state index in [2.05, 4.69) is 15.5 Å². The van der Waals surface area contributed by atoms with Gasteiger partial charge in [-0.3, -0.25) is 5.10 Å². The van der Waals surface area contributed by atoms with Gasteiger partial charge >= 0.3 is 0 Å². The van der Waals surface area contributed by atoms with Crippen LogP contribution in [0.2, 0.25) is 0 Å². The molecule has 0 atom stereocenters. The number of hydrogen-bond donors (Lipinski definition) is 1. The van der Waals surface area contributed by atoms with Crippen molar-refractivity contribution >= 4 is 10.9 Å². The summed E-state index contributed by atoms with van der Waals surface area (Å²) >= 11 is 0. The number of nitriles is 4. The molecule has 0 aliphatic carbocycles. The Morgan fingerprint density at radius 3 is 2.45 bits per heavy atom. The summed E-state index contributed by atoms with van der Waals surface area (Å²) in [6, 6.07) is 8.59. The maximum absolute atomic E-state index is 9.23. The molecule has 1 N–H and O–H groups in total. The van der Waals surface area contributed by atoms with Gasteiger partial charge in [0.25, 0.3) is 0 Å². The first-order chi connectivity index (χ1) is 10.7. The first kappa shape index (κ1) is 12.7. The Labute approximate surface area is 122 Å². The summed E-state index contributed by atoms with van der Waals surface area (Å²) < 4.78 is 0.924. The summed E-state index contributed by atoms with van der Waals surface area (Å²) in [6.45, 7) is 0. The lowest BCUT2D eigenvalue weighted by Crippen LogP contribution is -2.25. The maximum Gasteiger partial charge on any atom is 0.226 e. The van der Waals surface area contributed by atoms with Crippen molar-refractivity contribution in [2.24, 2.45) is 0 Å². The number of H-pyrrole nitrogens is 1. The normalized spacial score (nSPS) is 9.64. The van der Waals surface area contributed by atoms with E-state index in [0.29, 0.717) is 15.7 Å². The first-order valence-electron chi connectivity index (χ1n) is 5.80. The number of hydrogen-bond acceptors (Lipinski definition) is 6. The van der Waals surface area contributed by atoms with E-state index in [1.165, 1.54) is 6.07 Å². The molecule has 1 aromatic carbocycles. The molecule has 10 heteroatoms. The molecule has 3 rings (SSSR count). The fourth-order valence-electron chi connectivity index (χ4n) is 2.02. The molecular weight excluding hydrogens is 284 g/mol. The molecule has 0 bridgehead atoms. The highest BCUT2D eigenvalue weighted by Crippen LogP contribution is 2.22. The number of nitrogens with one attached hydrogen (secondary N) is 1. The first-order valence-corrected chi connectivity index (χ1v) is 5.80. The summed E-state index contributed by atoms with van der Waals surface area (Å²) in [5.74, 6) is 0.236. The quantitative estimate of drug-likeness (QED) is 0.588. The fraction of sp³-hybridized carbons (Fsp3) is 0. The molecule has 0 amide bonds. The van der Waals surface area contributed by atoms with Crippen molar-refractivity contribution in [3.8, 4) is 30.3 Å². The van der Waals surface area contributed by atoms with Crippen LogP contribution in [0.4, 0.5) is 0 Å². The zero-order valence-electron chi connectivity index (χ0n) is 10.8. The lowest BCUT2D eigenvalue weighted by atomic mass is 10.1. The van der Waals surface area contributed by atoms with Crippen molar-refractivity contribution in [1.82, 2.24) is 29.8 Å². The second-order valence-electron chi connectivity index (χ2n) is 4.08. The molecule has 2 aliphatic rings. The zero-order valence-corrected chi connectivity index (χ0v) is 10.8. The van der Waals surface area contributed by atoms with E-state index < -0.39 is 0 Å². The van der Waals surface area contributed by atoms with Crippen LogP contribution in [-0.4, -0.2) is 29.8 Å². The van der Waals surface area contributed by atoms with Crippen LogP contribution in [0.15, 0.2) is 18.2 Å². The van der Waals surface area contributed by atoms with Crippen LogP contribution in [0.5, 0.6) is 0 Å². The zero-order chi connectivity index (χ0) is 15.7. The van der Waals surface area contributed by atoms with Gasteiger partial charge < -0.3 is 0 Å². The summed E-state index contributed by atoms with van der Waals surface area (Å²) in [7, 11) is 0. The third-order valence-electron chi connectivity index (χ3n) is 2.99. The molecule has 2 heterocycles.